The number of hydrogen-bond acceptors (Lipinski definition) is 6. The highest BCUT2D eigenvalue weighted by Gasteiger charge is 2.24. The van der Waals surface area contributed by atoms with E-state index in [4.69, 9.17) is 33.5 Å². The van der Waals surface area contributed by atoms with Gasteiger partial charge in [0.15, 0.2) is 0 Å². The summed E-state index contributed by atoms with van der Waals surface area (Å²) in [6, 6.07) is 1.61. The van der Waals surface area contributed by atoms with Gasteiger partial charge in [-0.05, 0) is 31.9 Å². The van der Waals surface area contributed by atoms with Gasteiger partial charge in [0.2, 0.25) is 5.91 Å². The van der Waals surface area contributed by atoms with Crippen molar-refractivity contribution >= 4 is 50.6 Å². The number of nitrogens with zero attached hydrogens (tertiary/aromatic N) is 1. The first-order valence-corrected chi connectivity index (χ1v) is 10.7. The zero-order chi connectivity index (χ0) is 19.2. The molecule has 1 fully saturated rings. The van der Waals surface area contributed by atoms with Crippen molar-refractivity contribution in [3.63, 3.8) is 0 Å². The number of rotatable bonds is 5. The third-order valence-corrected chi connectivity index (χ3v) is 6.47. The Morgan fingerprint density at radius 3 is 2.52 bits per heavy atom. The summed E-state index contributed by atoms with van der Waals surface area (Å²) in [4.78, 5) is 12.6. The molecule has 0 saturated carbocycles. The topological polar surface area (TPSA) is 121 Å². The third-order valence-electron chi connectivity index (χ3n) is 3.86. The Hall–Kier alpha value is -0.420. The van der Waals surface area contributed by atoms with Crippen LogP contribution in [0.5, 0.6) is 0 Å². The van der Waals surface area contributed by atoms with Crippen molar-refractivity contribution in [2.45, 2.75) is 49.6 Å². The third kappa shape index (κ3) is 7.38. The largest absolute Gasteiger partial charge is 0.382 e. The summed E-state index contributed by atoms with van der Waals surface area (Å²) in [5, 5.41) is 9.38. The summed E-state index contributed by atoms with van der Waals surface area (Å²) in [5.74, 6) is -0.620. The standard InChI is InChI=1S/C10H20N2O2.C4H2Cl2O3S2/c1-2-8-5-3-4-6-12(8)7-9(13)10(11)14;5-3-1-2(4(6)10-3)11(7,8)9/h8-9,13H,2-7H2,1H3,(H2,11,14);1H,(H,7,8,9)/t8-,9+;/m0./s1. The van der Waals surface area contributed by atoms with Gasteiger partial charge in [0.05, 0.1) is 4.34 Å². The number of primary amides is 1. The molecule has 1 amide bonds. The Labute approximate surface area is 161 Å². The Balaban J connectivity index is 0.000000257. The van der Waals surface area contributed by atoms with Crippen LogP contribution >= 0.6 is 34.5 Å². The molecule has 0 aromatic carbocycles. The minimum Gasteiger partial charge on any atom is -0.382 e. The van der Waals surface area contributed by atoms with E-state index >= 15 is 0 Å². The van der Waals surface area contributed by atoms with E-state index in [-0.39, 0.29) is 13.6 Å². The van der Waals surface area contributed by atoms with E-state index in [0.29, 0.717) is 12.6 Å². The number of aliphatic hydroxyl groups is 1. The van der Waals surface area contributed by atoms with Crippen LogP contribution in [0.15, 0.2) is 11.0 Å². The smallest absolute Gasteiger partial charge is 0.296 e. The molecule has 1 aliphatic rings. The van der Waals surface area contributed by atoms with E-state index in [9.17, 15) is 18.3 Å². The lowest BCUT2D eigenvalue weighted by atomic mass is 9.99. The quantitative estimate of drug-likeness (QED) is 0.614. The van der Waals surface area contributed by atoms with Crippen LogP contribution in [0.3, 0.4) is 0 Å². The number of aliphatic hydroxyl groups excluding tert-OH is 1. The van der Waals surface area contributed by atoms with Crippen LogP contribution in [0.1, 0.15) is 32.6 Å². The fourth-order valence-electron chi connectivity index (χ4n) is 2.58. The fraction of sp³-hybridized carbons (Fsp3) is 0.643. The zero-order valence-corrected chi connectivity index (χ0v) is 16.8. The molecule has 4 N–H and O–H groups in total. The molecule has 1 saturated heterocycles. The predicted octanol–water partition coefficient (Wildman–Crippen LogP) is 2.40. The second kappa shape index (κ2) is 10.1. The van der Waals surface area contributed by atoms with Gasteiger partial charge < -0.3 is 10.8 Å². The maximum Gasteiger partial charge on any atom is 0.296 e. The number of hydrogen-bond donors (Lipinski definition) is 3. The van der Waals surface area contributed by atoms with Crippen LogP contribution in [0.2, 0.25) is 8.67 Å². The molecule has 11 heteroatoms. The second-order valence-electron chi connectivity index (χ2n) is 5.63. The molecule has 7 nitrogen and oxygen atoms in total. The number of thiophene rings is 1. The van der Waals surface area contributed by atoms with Gasteiger partial charge in [-0.25, -0.2) is 0 Å². The van der Waals surface area contributed by atoms with Crippen molar-refractivity contribution < 1.29 is 22.9 Å². The number of halogens is 2. The minimum atomic E-state index is -4.22. The molecule has 2 rings (SSSR count). The maximum atomic E-state index is 10.7. The second-order valence-corrected chi connectivity index (χ2v) is 9.31. The number of likely N-dealkylation sites (tertiary alicyclic amines) is 1. The van der Waals surface area contributed by atoms with Crippen molar-refractivity contribution in [3.8, 4) is 0 Å². The van der Waals surface area contributed by atoms with Crippen LogP contribution in [0, 0.1) is 0 Å². The minimum absolute atomic E-state index is 0.0301. The van der Waals surface area contributed by atoms with Crippen molar-refractivity contribution in [1.29, 1.82) is 0 Å². The normalized spacial score (nSPS) is 19.8. The number of β-amino-alcohol motifs (C(OH)–C–C–N with tert-alkyl or cyclic N) is 1. The monoisotopic (exact) mass is 432 g/mol. The summed E-state index contributed by atoms with van der Waals surface area (Å²) < 4.78 is 29.7. The van der Waals surface area contributed by atoms with E-state index in [1.54, 1.807) is 0 Å². The van der Waals surface area contributed by atoms with Crippen molar-refractivity contribution in [1.82, 2.24) is 4.90 Å². The van der Waals surface area contributed by atoms with Crippen molar-refractivity contribution in [3.05, 3.63) is 14.7 Å². The van der Waals surface area contributed by atoms with E-state index < -0.39 is 22.1 Å². The van der Waals surface area contributed by atoms with E-state index in [1.165, 1.54) is 12.8 Å². The van der Waals surface area contributed by atoms with Crippen LogP contribution in [-0.2, 0) is 14.9 Å². The first-order chi connectivity index (χ1) is 11.6. The van der Waals surface area contributed by atoms with Crippen LogP contribution in [0.4, 0.5) is 0 Å². The summed E-state index contributed by atoms with van der Waals surface area (Å²) in [7, 11) is -4.22. The summed E-state index contributed by atoms with van der Waals surface area (Å²) in [5.41, 5.74) is 5.02. The van der Waals surface area contributed by atoms with Gasteiger partial charge in [0.25, 0.3) is 10.1 Å². The Kier molecular flexibility index (Phi) is 9.10. The molecule has 0 aliphatic carbocycles. The number of nitrogens with two attached hydrogens (primary N) is 1. The lowest BCUT2D eigenvalue weighted by Crippen LogP contribution is -2.46. The van der Waals surface area contributed by atoms with Crippen molar-refractivity contribution in [2.24, 2.45) is 5.73 Å². The van der Waals surface area contributed by atoms with E-state index in [1.807, 2.05) is 0 Å². The van der Waals surface area contributed by atoms with Crippen LogP contribution in [0.25, 0.3) is 0 Å². The first kappa shape index (κ1) is 22.6. The molecular formula is C14H22Cl2N2O5S2. The summed E-state index contributed by atoms with van der Waals surface area (Å²) >= 11 is 11.7. The molecule has 0 spiro atoms. The SMILES string of the molecule is CC[C@H]1CCCCN1C[C@@H](O)C(N)=O.O=S(=O)(O)c1cc(Cl)sc1Cl. The van der Waals surface area contributed by atoms with Crippen molar-refractivity contribution in [2.75, 3.05) is 13.1 Å². The molecule has 1 aromatic heterocycles. The molecule has 2 heterocycles. The predicted molar refractivity (Wildman–Crippen MR) is 98.9 cm³/mol. The molecule has 1 aromatic rings. The Morgan fingerprint density at radius 2 is 2.12 bits per heavy atom. The van der Waals surface area contributed by atoms with Gasteiger partial charge in [0, 0.05) is 12.6 Å². The van der Waals surface area contributed by atoms with Gasteiger partial charge in [-0.1, -0.05) is 36.5 Å². The highest BCUT2D eigenvalue weighted by atomic mass is 35.5. The first-order valence-electron chi connectivity index (χ1n) is 7.70. The van der Waals surface area contributed by atoms with Gasteiger partial charge >= 0.3 is 0 Å². The van der Waals surface area contributed by atoms with Gasteiger partial charge in [-0.15, -0.1) is 11.3 Å². The highest BCUT2D eigenvalue weighted by molar-refractivity contribution is 7.86. The fourth-order valence-corrected chi connectivity index (χ4v) is 5.19. The molecular weight excluding hydrogens is 411 g/mol. The van der Waals surface area contributed by atoms with E-state index in [0.717, 1.165) is 36.8 Å². The Bertz CT molecular complexity index is 681. The highest BCUT2D eigenvalue weighted by Crippen LogP contribution is 2.33. The number of amides is 1. The van der Waals surface area contributed by atoms with Gasteiger partial charge in [0.1, 0.15) is 15.3 Å². The molecule has 0 unspecified atom stereocenters. The van der Waals surface area contributed by atoms with Crippen LogP contribution < -0.4 is 5.73 Å². The number of piperidine rings is 1. The molecule has 0 bridgehead atoms. The summed E-state index contributed by atoms with van der Waals surface area (Å²) in [6.45, 7) is 3.51. The zero-order valence-electron chi connectivity index (χ0n) is 13.7. The lowest BCUT2D eigenvalue weighted by molar-refractivity contribution is -0.127. The maximum absolute atomic E-state index is 10.7. The summed E-state index contributed by atoms with van der Waals surface area (Å²) in [6.07, 6.45) is 3.64. The average Bonchev–Trinajstić information content (AvgIpc) is 2.87. The van der Waals surface area contributed by atoms with Gasteiger partial charge in [-0.2, -0.15) is 8.42 Å². The molecule has 2 atom stereocenters. The van der Waals surface area contributed by atoms with Gasteiger partial charge in [-0.3, -0.25) is 14.2 Å². The molecule has 144 valence electrons. The average molecular weight is 433 g/mol. The molecule has 0 radical (unpaired) electrons. The van der Waals surface area contributed by atoms with Crippen LogP contribution in [-0.4, -0.2) is 54.1 Å². The Morgan fingerprint density at radius 1 is 1.48 bits per heavy atom. The molecule has 25 heavy (non-hydrogen) atoms. The number of carbonyl (C=O) groups is 1. The van der Waals surface area contributed by atoms with E-state index in [2.05, 4.69) is 11.8 Å². The molecule has 1 aliphatic heterocycles. The lowest BCUT2D eigenvalue weighted by Gasteiger charge is -2.35. The number of carbonyl (C=O) groups excluding carboxylic acids is 1.